The normalized spacial score (nSPS) is 11.6. The summed E-state index contributed by atoms with van der Waals surface area (Å²) < 4.78 is 2.25. The predicted octanol–water partition coefficient (Wildman–Crippen LogP) is 10.9. The lowest BCUT2D eigenvalue weighted by atomic mass is 10.0. The standard InChI is InChI=1S/C42H27N3/c1-4-12-28(13-5-1)32-20-23-35-37(26-32)43-42(44-41(35)31-17-8-3-9-18-31)45-38-25-22-30-16-10-11-19-34(30)40(38)36-24-21-33(27-39(36)45)29-14-6-2-7-15-29/h1-27H. The highest BCUT2D eigenvalue weighted by Gasteiger charge is 2.19. The van der Waals surface area contributed by atoms with E-state index in [1.54, 1.807) is 0 Å². The van der Waals surface area contributed by atoms with Gasteiger partial charge in [0.1, 0.15) is 0 Å². The molecule has 9 aromatic rings. The maximum atomic E-state index is 5.35. The lowest BCUT2D eigenvalue weighted by Gasteiger charge is -2.13. The van der Waals surface area contributed by atoms with Gasteiger partial charge in [-0.05, 0) is 57.3 Å². The molecule has 0 aliphatic heterocycles. The van der Waals surface area contributed by atoms with Crippen LogP contribution in [0.1, 0.15) is 0 Å². The van der Waals surface area contributed by atoms with Crippen LogP contribution >= 0.6 is 0 Å². The predicted molar refractivity (Wildman–Crippen MR) is 188 cm³/mol. The summed E-state index contributed by atoms with van der Waals surface area (Å²) in [5.41, 5.74) is 9.70. The summed E-state index contributed by atoms with van der Waals surface area (Å²) in [4.78, 5) is 10.7. The van der Waals surface area contributed by atoms with Crippen LogP contribution in [0.25, 0.3) is 82.9 Å². The summed E-state index contributed by atoms with van der Waals surface area (Å²) in [6.45, 7) is 0. The third-order valence-corrected chi connectivity index (χ3v) is 8.80. The van der Waals surface area contributed by atoms with Crippen molar-refractivity contribution in [1.29, 1.82) is 0 Å². The smallest absolute Gasteiger partial charge is 0.235 e. The van der Waals surface area contributed by atoms with Gasteiger partial charge in [-0.1, -0.05) is 140 Å². The fourth-order valence-electron chi connectivity index (χ4n) is 6.66. The maximum Gasteiger partial charge on any atom is 0.235 e. The first-order chi connectivity index (χ1) is 22.3. The minimum Gasteiger partial charge on any atom is -0.278 e. The maximum absolute atomic E-state index is 5.35. The zero-order valence-corrected chi connectivity index (χ0v) is 24.4. The Kier molecular flexibility index (Phi) is 5.82. The lowest BCUT2D eigenvalue weighted by Crippen LogP contribution is -2.03. The Bertz CT molecular complexity index is 2510. The highest BCUT2D eigenvalue weighted by Crippen LogP contribution is 2.39. The minimum absolute atomic E-state index is 0.659. The Morgan fingerprint density at radius 3 is 1.69 bits per heavy atom. The van der Waals surface area contributed by atoms with Crippen LogP contribution in [0.2, 0.25) is 0 Å². The van der Waals surface area contributed by atoms with Gasteiger partial charge in [-0.15, -0.1) is 0 Å². The largest absolute Gasteiger partial charge is 0.278 e. The van der Waals surface area contributed by atoms with E-state index in [1.807, 2.05) is 12.1 Å². The number of hydrogen-bond acceptors (Lipinski definition) is 2. The van der Waals surface area contributed by atoms with Crippen molar-refractivity contribution < 1.29 is 0 Å². The molecule has 0 amide bonds. The molecule has 0 saturated carbocycles. The molecule has 0 radical (unpaired) electrons. The molecule has 3 heteroatoms. The van der Waals surface area contributed by atoms with Gasteiger partial charge in [-0.2, -0.15) is 0 Å². The molecule has 0 fully saturated rings. The van der Waals surface area contributed by atoms with Gasteiger partial charge < -0.3 is 0 Å². The molecule has 0 aliphatic rings. The van der Waals surface area contributed by atoms with Crippen molar-refractivity contribution in [2.45, 2.75) is 0 Å². The molecule has 7 aromatic carbocycles. The van der Waals surface area contributed by atoms with E-state index in [0.717, 1.165) is 49.9 Å². The monoisotopic (exact) mass is 573 g/mol. The first kappa shape index (κ1) is 25.4. The van der Waals surface area contributed by atoms with Crippen LogP contribution in [0.4, 0.5) is 0 Å². The first-order valence-electron chi connectivity index (χ1n) is 15.3. The third-order valence-electron chi connectivity index (χ3n) is 8.80. The molecule has 0 aliphatic carbocycles. The third kappa shape index (κ3) is 4.21. The fraction of sp³-hybridized carbons (Fsp3) is 0. The van der Waals surface area contributed by atoms with Gasteiger partial charge >= 0.3 is 0 Å². The highest BCUT2D eigenvalue weighted by atomic mass is 15.2. The summed E-state index contributed by atoms with van der Waals surface area (Å²) in [5, 5.41) is 5.87. The zero-order chi connectivity index (χ0) is 29.7. The van der Waals surface area contributed by atoms with Gasteiger partial charge in [0.25, 0.3) is 0 Å². The van der Waals surface area contributed by atoms with E-state index in [-0.39, 0.29) is 0 Å². The summed E-state index contributed by atoms with van der Waals surface area (Å²) in [5.74, 6) is 0.659. The molecule has 0 atom stereocenters. The van der Waals surface area contributed by atoms with Gasteiger partial charge in [0.15, 0.2) is 0 Å². The average Bonchev–Trinajstić information content (AvgIpc) is 3.46. The molecule has 3 nitrogen and oxygen atoms in total. The molecule has 0 spiro atoms. The topological polar surface area (TPSA) is 30.7 Å². The van der Waals surface area contributed by atoms with Crippen LogP contribution in [0, 0.1) is 0 Å². The number of benzene rings is 7. The highest BCUT2D eigenvalue weighted by molar-refractivity contribution is 6.21. The molecule has 0 saturated heterocycles. The van der Waals surface area contributed by atoms with Crippen molar-refractivity contribution in [3.8, 4) is 39.5 Å². The van der Waals surface area contributed by atoms with E-state index < -0.39 is 0 Å². The Morgan fingerprint density at radius 2 is 0.978 bits per heavy atom. The number of aromatic nitrogens is 3. The van der Waals surface area contributed by atoms with Gasteiger partial charge in [0.05, 0.1) is 22.2 Å². The van der Waals surface area contributed by atoms with E-state index >= 15 is 0 Å². The van der Waals surface area contributed by atoms with Crippen LogP contribution < -0.4 is 0 Å². The van der Waals surface area contributed by atoms with Crippen LogP contribution in [-0.2, 0) is 0 Å². The van der Waals surface area contributed by atoms with E-state index in [0.29, 0.717) is 5.95 Å². The minimum atomic E-state index is 0.659. The van der Waals surface area contributed by atoms with Crippen molar-refractivity contribution in [3.05, 3.63) is 164 Å². The Hall–Kier alpha value is -6.06. The van der Waals surface area contributed by atoms with Gasteiger partial charge in [-0.25, -0.2) is 9.97 Å². The second kappa shape index (κ2) is 10.3. The summed E-state index contributed by atoms with van der Waals surface area (Å²) in [6.07, 6.45) is 0. The van der Waals surface area contributed by atoms with Gasteiger partial charge in [-0.3, -0.25) is 4.57 Å². The second-order valence-corrected chi connectivity index (χ2v) is 11.5. The van der Waals surface area contributed by atoms with Crippen LogP contribution in [0.15, 0.2) is 164 Å². The van der Waals surface area contributed by atoms with Gasteiger partial charge in [0, 0.05) is 21.7 Å². The van der Waals surface area contributed by atoms with Crippen molar-refractivity contribution in [1.82, 2.24) is 14.5 Å². The lowest BCUT2D eigenvalue weighted by molar-refractivity contribution is 1.01. The second-order valence-electron chi connectivity index (χ2n) is 11.5. The van der Waals surface area contributed by atoms with E-state index in [9.17, 15) is 0 Å². The molecule has 0 unspecified atom stereocenters. The molecule has 210 valence electrons. The van der Waals surface area contributed by atoms with Crippen LogP contribution in [0.3, 0.4) is 0 Å². The molecule has 9 rings (SSSR count). The van der Waals surface area contributed by atoms with Gasteiger partial charge in [0.2, 0.25) is 5.95 Å². The number of rotatable bonds is 4. The molecule has 2 heterocycles. The van der Waals surface area contributed by atoms with E-state index in [1.165, 1.54) is 27.1 Å². The Balaban J connectivity index is 1.40. The molecule has 2 aromatic heterocycles. The zero-order valence-electron chi connectivity index (χ0n) is 24.4. The Labute approximate surface area is 260 Å². The van der Waals surface area contributed by atoms with Crippen molar-refractivity contribution in [2.75, 3.05) is 0 Å². The molecule has 0 N–H and O–H groups in total. The SMILES string of the molecule is c1ccc(-c2ccc3c(-c4ccccc4)nc(-n4c5cc(-c6ccccc6)ccc5c5c6ccccc6ccc54)nc3c2)cc1. The summed E-state index contributed by atoms with van der Waals surface area (Å²) in [6, 6.07) is 57.8. The number of hydrogen-bond donors (Lipinski definition) is 0. The number of nitrogens with zero attached hydrogens (tertiary/aromatic N) is 3. The van der Waals surface area contributed by atoms with E-state index in [4.69, 9.17) is 9.97 Å². The van der Waals surface area contributed by atoms with Crippen molar-refractivity contribution in [3.63, 3.8) is 0 Å². The molecular weight excluding hydrogens is 546 g/mol. The Morgan fingerprint density at radius 1 is 0.378 bits per heavy atom. The van der Waals surface area contributed by atoms with E-state index in [2.05, 4.69) is 156 Å². The summed E-state index contributed by atoms with van der Waals surface area (Å²) >= 11 is 0. The fourth-order valence-corrected chi connectivity index (χ4v) is 6.66. The van der Waals surface area contributed by atoms with Crippen LogP contribution in [0.5, 0.6) is 0 Å². The molecule has 45 heavy (non-hydrogen) atoms. The van der Waals surface area contributed by atoms with Crippen molar-refractivity contribution >= 4 is 43.5 Å². The quantitative estimate of drug-likeness (QED) is 0.210. The first-order valence-corrected chi connectivity index (χ1v) is 15.3. The van der Waals surface area contributed by atoms with Crippen LogP contribution in [-0.4, -0.2) is 14.5 Å². The molecular formula is C42H27N3. The molecule has 0 bridgehead atoms. The average molecular weight is 574 g/mol. The number of fused-ring (bicyclic) bond motifs is 6. The summed E-state index contributed by atoms with van der Waals surface area (Å²) in [7, 11) is 0. The van der Waals surface area contributed by atoms with Crippen molar-refractivity contribution in [2.24, 2.45) is 0 Å².